The SMILES string of the molecule is CNCCCc1cnn(-c2cccc(OC)c2)c1. The summed E-state index contributed by atoms with van der Waals surface area (Å²) in [5, 5.41) is 7.53. The molecule has 0 amide bonds. The number of benzene rings is 1. The van der Waals surface area contributed by atoms with Gasteiger partial charge in [-0.15, -0.1) is 0 Å². The van der Waals surface area contributed by atoms with E-state index < -0.39 is 0 Å². The van der Waals surface area contributed by atoms with Gasteiger partial charge in [0.05, 0.1) is 19.0 Å². The van der Waals surface area contributed by atoms with E-state index >= 15 is 0 Å². The van der Waals surface area contributed by atoms with Crippen molar-refractivity contribution in [2.45, 2.75) is 12.8 Å². The molecule has 1 heterocycles. The van der Waals surface area contributed by atoms with Gasteiger partial charge in [0.25, 0.3) is 0 Å². The van der Waals surface area contributed by atoms with Crippen LogP contribution >= 0.6 is 0 Å². The number of ether oxygens (including phenoxy) is 1. The summed E-state index contributed by atoms with van der Waals surface area (Å²) in [6, 6.07) is 7.90. The topological polar surface area (TPSA) is 39.1 Å². The molecule has 1 aromatic heterocycles. The fourth-order valence-electron chi connectivity index (χ4n) is 1.85. The molecule has 0 saturated carbocycles. The van der Waals surface area contributed by atoms with Crippen LogP contribution in [0.3, 0.4) is 0 Å². The first-order chi connectivity index (χ1) is 8.83. The molecule has 1 aromatic carbocycles. The summed E-state index contributed by atoms with van der Waals surface area (Å²) in [5.41, 5.74) is 2.28. The number of hydrogen-bond donors (Lipinski definition) is 1. The van der Waals surface area contributed by atoms with Gasteiger partial charge in [0, 0.05) is 12.3 Å². The van der Waals surface area contributed by atoms with Crippen LogP contribution in [0.5, 0.6) is 5.75 Å². The predicted octanol–water partition coefficient (Wildman–Crippen LogP) is 2.03. The Bertz CT molecular complexity index is 493. The molecule has 2 rings (SSSR count). The highest BCUT2D eigenvalue weighted by Gasteiger charge is 2.02. The highest BCUT2D eigenvalue weighted by atomic mass is 16.5. The minimum Gasteiger partial charge on any atom is -0.497 e. The number of hydrogen-bond acceptors (Lipinski definition) is 3. The van der Waals surface area contributed by atoms with Gasteiger partial charge < -0.3 is 10.1 Å². The zero-order valence-corrected chi connectivity index (χ0v) is 10.9. The second-order valence-corrected chi connectivity index (χ2v) is 4.20. The van der Waals surface area contributed by atoms with E-state index in [1.807, 2.05) is 42.2 Å². The van der Waals surface area contributed by atoms with Crippen LogP contribution in [0.2, 0.25) is 0 Å². The lowest BCUT2D eigenvalue weighted by molar-refractivity contribution is 0.414. The van der Waals surface area contributed by atoms with E-state index in [0.717, 1.165) is 30.8 Å². The van der Waals surface area contributed by atoms with E-state index in [9.17, 15) is 0 Å². The predicted molar refractivity (Wildman–Crippen MR) is 72.4 cm³/mol. The molecule has 0 aliphatic rings. The van der Waals surface area contributed by atoms with E-state index in [0.29, 0.717) is 0 Å². The molecule has 0 spiro atoms. The monoisotopic (exact) mass is 245 g/mol. The Hall–Kier alpha value is -1.81. The Morgan fingerprint density at radius 2 is 2.28 bits per heavy atom. The molecule has 0 saturated heterocycles. The molecular weight excluding hydrogens is 226 g/mol. The van der Waals surface area contributed by atoms with Gasteiger partial charge in [-0.1, -0.05) is 6.07 Å². The van der Waals surface area contributed by atoms with E-state index in [1.54, 1.807) is 7.11 Å². The summed E-state index contributed by atoms with van der Waals surface area (Å²) in [5.74, 6) is 0.847. The van der Waals surface area contributed by atoms with Crippen molar-refractivity contribution in [1.29, 1.82) is 0 Å². The van der Waals surface area contributed by atoms with Gasteiger partial charge in [0.1, 0.15) is 5.75 Å². The van der Waals surface area contributed by atoms with Crippen molar-refractivity contribution in [3.63, 3.8) is 0 Å². The quantitative estimate of drug-likeness (QED) is 0.791. The lowest BCUT2D eigenvalue weighted by atomic mass is 10.2. The van der Waals surface area contributed by atoms with Crippen LogP contribution in [0.15, 0.2) is 36.7 Å². The van der Waals surface area contributed by atoms with Crippen LogP contribution in [0, 0.1) is 0 Å². The van der Waals surface area contributed by atoms with Crippen molar-refractivity contribution in [3.05, 3.63) is 42.2 Å². The average molecular weight is 245 g/mol. The maximum Gasteiger partial charge on any atom is 0.121 e. The van der Waals surface area contributed by atoms with Gasteiger partial charge in [-0.05, 0) is 44.1 Å². The number of aryl methyl sites for hydroxylation is 1. The second-order valence-electron chi connectivity index (χ2n) is 4.20. The standard InChI is InChI=1S/C14H19N3O/c1-15-8-4-5-12-10-16-17(11-12)13-6-3-7-14(9-13)18-2/h3,6-7,9-11,15H,4-5,8H2,1-2H3. The number of methoxy groups -OCH3 is 1. The van der Waals surface area contributed by atoms with Crippen LogP contribution in [-0.2, 0) is 6.42 Å². The van der Waals surface area contributed by atoms with E-state index in [4.69, 9.17) is 4.74 Å². The Balaban J connectivity index is 2.08. The first-order valence-electron chi connectivity index (χ1n) is 6.16. The zero-order chi connectivity index (χ0) is 12.8. The van der Waals surface area contributed by atoms with Gasteiger partial charge >= 0.3 is 0 Å². The fraction of sp³-hybridized carbons (Fsp3) is 0.357. The third-order valence-corrected chi connectivity index (χ3v) is 2.85. The van der Waals surface area contributed by atoms with Gasteiger partial charge in [-0.2, -0.15) is 5.10 Å². The van der Waals surface area contributed by atoms with Gasteiger partial charge in [-0.25, -0.2) is 4.68 Å². The summed E-state index contributed by atoms with van der Waals surface area (Å²) in [6.07, 6.45) is 6.17. The van der Waals surface area contributed by atoms with Gasteiger partial charge in [0.2, 0.25) is 0 Å². The lowest BCUT2D eigenvalue weighted by Crippen LogP contribution is -2.08. The van der Waals surface area contributed by atoms with Crippen LogP contribution < -0.4 is 10.1 Å². The Morgan fingerprint density at radius 3 is 3.06 bits per heavy atom. The molecule has 0 atom stereocenters. The second kappa shape index (κ2) is 6.21. The average Bonchev–Trinajstić information content (AvgIpc) is 2.88. The smallest absolute Gasteiger partial charge is 0.121 e. The largest absolute Gasteiger partial charge is 0.497 e. The fourth-order valence-corrected chi connectivity index (χ4v) is 1.85. The van der Waals surface area contributed by atoms with Crippen molar-refractivity contribution >= 4 is 0 Å². The number of nitrogens with one attached hydrogen (secondary N) is 1. The third-order valence-electron chi connectivity index (χ3n) is 2.85. The van der Waals surface area contributed by atoms with E-state index in [2.05, 4.69) is 16.6 Å². The Labute approximate surface area is 108 Å². The highest BCUT2D eigenvalue weighted by molar-refractivity contribution is 5.38. The van der Waals surface area contributed by atoms with Crippen molar-refractivity contribution in [3.8, 4) is 11.4 Å². The highest BCUT2D eigenvalue weighted by Crippen LogP contribution is 2.16. The van der Waals surface area contributed by atoms with Crippen LogP contribution in [0.1, 0.15) is 12.0 Å². The lowest BCUT2D eigenvalue weighted by Gasteiger charge is -2.04. The molecule has 96 valence electrons. The minimum atomic E-state index is 0.847. The molecule has 0 aliphatic carbocycles. The van der Waals surface area contributed by atoms with E-state index in [1.165, 1.54) is 5.56 Å². The molecule has 1 N–H and O–H groups in total. The van der Waals surface area contributed by atoms with Gasteiger partial charge in [-0.3, -0.25) is 0 Å². The van der Waals surface area contributed by atoms with Crippen molar-refractivity contribution in [2.24, 2.45) is 0 Å². The number of aromatic nitrogens is 2. The Kier molecular flexibility index (Phi) is 4.36. The molecule has 0 aliphatic heterocycles. The summed E-state index contributed by atoms with van der Waals surface area (Å²) in [4.78, 5) is 0. The molecule has 0 unspecified atom stereocenters. The van der Waals surface area contributed by atoms with E-state index in [-0.39, 0.29) is 0 Å². The first kappa shape index (κ1) is 12.6. The normalized spacial score (nSPS) is 10.6. The van der Waals surface area contributed by atoms with Crippen molar-refractivity contribution in [2.75, 3.05) is 20.7 Å². The van der Waals surface area contributed by atoms with Crippen LogP contribution in [-0.4, -0.2) is 30.5 Å². The van der Waals surface area contributed by atoms with Crippen LogP contribution in [0.4, 0.5) is 0 Å². The molecule has 4 heteroatoms. The minimum absolute atomic E-state index is 0.847. The summed E-state index contributed by atoms with van der Waals surface area (Å²) >= 11 is 0. The maximum atomic E-state index is 5.21. The summed E-state index contributed by atoms with van der Waals surface area (Å²) < 4.78 is 7.10. The number of nitrogens with zero attached hydrogens (tertiary/aromatic N) is 2. The summed E-state index contributed by atoms with van der Waals surface area (Å²) in [6.45, 7) is 1.03. The van der Waals surface area contributed by atoms with Crippen molar-refractivity contribution in [1.82, 2.24) is 15.1 Å². The van der Waals surface area contributed by atoms with Gasteiger partial charge in [0.15, 0.2) is 0 Å². The maximum absolute atomic E-state index is 5.21. The molecule has 0 radical (unpaired) electrons. The van der Waals surface area contributed by atoms with Crippen LogP contribution in [0.25, 0.3) is 5.69 Å². The number of rotatable bonds is 6. The molecule has 0 fully saturated rings. The van der Waals surface area contributed by atoms with Crippen molar-refractivity contribution < 1.29 is 4.74 Å². The zero-order valence-electron chi connectivity index (χ0n) is 10.9. The molecule has 18 heavy (non-hydrogen) atoms. The third kappa shape index (κ3) is 3.11. The molecule has 4 nitrogen and oxygen atoms in total. The molecule has 0 bridgehead atoms. The Morgan fingerprint density at radius 1 is 1.39 bits per heavy atom. The molecular formula is C14H19N3O. The first-order valence-corrected chi connectivity index (χ1v) is 6.16. The summed E-state index contributed by atoms with van der Waals surface area (Å²) in [7, 11) is 3.64. The molecule has 2 aromatic rings.